The van der Waals surface area contributed by atoms with Gasteiger partial charge in [-0.25, -0.2) is 0 Å². The highest BCUT2D eigenvalue weighted by Crippen LogP contribution is 2.34. The SMILES string of the molecule is Cc1cc(I)c(CN)c(C(F)(F)F)c1. The van der Waals surface area contributed by atoms with Crippen LogP contribution in [0.1, 0.15) is 16.7 Å². The van der Waals surface area contributed by atoms with E-state index in [9.17, 15) is 13.2 Å². The molecular formula is C9H9F3IN. The highest BCUT2D eigenvalue weighted by Gasteiger charge is 2.33. The van der Waals surface area contributed by atoms with E-state index in [2.05, 4.69) is 0 Å². The standard InChI is InChI=1S/C9H9F3IN/c1-5-2-7(9(10,11)12)6(4-14)8(13)3-5/h2-3H,4,14H2,1H3. The van der Waals surface area contributed by atoms with Gasteiger partial charge >= 0.3 is 6.18 Å². The molecule has 1 nitrogen and oxygen atoms in total. The number of aryl methyl sites for hydroxylation is 1. The summed E-state index contributed by atoms with van der Waals surface area (Å²) in [4.78, 5) is 0. The first-order chi connectivity index (χ1) is 6.36. The van der Waals surface area contributed by atoms with E-state index in [4.69, 9.17) is 5.73 Å². The molecule has 0 spiro atoms. The Morgan fingerprint density at radius 2 is 1.93 bits per heavy atom. The molecule has 0 saturated heterocycles. The van der Waals surface area contributed by atoms with Crippen molar-refractivity contribution in [1.82, 2.24) is 0 Å². The largest absolute Gasteiger partial charge is 0.416 e. The summed E-state index contributed by atoms with van der Waals surface area (Å²) >= 11 is 1.87. The Bertz CT molecular complexity index is 347. The van der Waals surface area contributed by atoms with Crippen LogP contribution in [0, 0.1) is 10.5 Å². The molecule has 14 heavy (non-hydrogen) atoms. The molecule has 0 heterocycles. The zero-order valence-corrected chi connectivity index (χ0v) is 9.61. The van der Waals surface area contributed by atoms with E-state index < -0.39 is 11.7 Å². The Morgan fingerprint density at radius 1 is 1.36 bits per heavy atom. The van der Waals surface area contributed by atoms with E-state index in [1.807, 2.05) is 22.6 Å². The van der Waals surface area contributed by atoms with Crippen molar-refractivity contribution in [3.05, 3.63) is 32.4 Å². The van der Waals surface area contributed by atoms with E-state index >= 15 is 0 Å². The lowest BCUT2D eigenvalue weighted by atomic mass is 10.0. The Morgan fingerprint density at radius 3 is 2.36 bits per heavy atom. The predicted molar refractivity (Wildman–Crippen MR) is 56.8 cm³/mol. The Balaban J connectivity index is 3.40. The first-order valence-corrected chi connectivity index (χ1v) is 5.00. The van der Waals surface area contributed by atoms with E-state index in [0.29, 0.717) is 9.13 Å². The second-order valence-electron chi connectivity index (χ2n) is 2.97. The van der Waals surface area contributed by atoms with Crippen LogP contribution in [0.25, 0.3) is 0 Å². The zero-order chi connectivity index (χ0) is 10.9. The van der Waals surface area contributed by atoms with Crippen LogP contribution in [-0.2, 0) is 12.7 Å². The average Bonchev–Trinajstić information content (AvgIpc) is 2.01. The van der Waals surface area contributed by atoms with Gasteiger partial charge in [-0.05, 0) is 52.8 Å². The maximum atomic E-state index is 12.5. The highest BCUT2D eigenvalue weighted by molar-refractivity contribution is 14.1. The Kier molecular flexibility index (Phi) is 3.41. The maximum absolute atomic E-state index is 12.5. The van der Waals surface area contributed by atoms with Gasteiger partial charge in [-0.2, -0.15) is 13.2 Å². The molecule has 0 fully saturated rings. The number of nitrogens with two attached hydrogens (primary N) is 1. The molecule has 0 bridgehead atoms. The lowest BCUT2D eigenvalue weighted by Crippen LogP contribution is -2.13. The smallest absolute Gasteiger partial charge is 0.326 e. The normalized spacial score (nSPS) is 11.9. The van der Waals surface area contributed by atoms with Gasteiger partial charge in [0.1, 0.15) is 0 Å². The number of halogens is 4. The van der Waals surface area contributed by atoms with Gasteiger partial charge in [0.25, 0.3) is 0 Å². The van der Waals surface area contributed by atoms with Crippen molar-refractivity contribution in [3.63, 3.8) is 0 Å². The van der Waals surface area contributed by atoms with Crippen molar-refractivity contribution < 1.29 is 13.2 Å². The first kappa shape index (κ1) is 11.8. The monoisotopic (exact) mass is 315 g/mol. The van der Waals surface area contributed by atoms with Crippen molar-refractivity contribution in [2.24, 2.45) is 5.73 Å². The molecule has 0 aliphatic rings. The molecule has 0 aliphatic carbocycles. The highest BCUT2D eigenvalue weighted by atomic mass is 127. The van der Waals surface area contributed by atoms with Crippen molar-refractivity contribution in [1.29, 1.82) is 0 Å². The second kappa shape index (κ2) is 4.06. The molecule has 0 atom stereocenters. The minimum absolute atomic E-state index is 0.0899. The van der Waals surface area contributed by atoms with Gasteiger partial charge in [0.05, 0.1) is 5.56 Å². The molecule has 0 aromatic heterocycles. The fourth-order valence-corrected chi connectivity index (χ4v) is 2.23. The third-order valence-corrected chi connectivity index (χ3v) is 2.81. The Labute approximate surface area is 93.6 Å². The van der Waals surface area contributed by atoms with Crippen molar-refractivity contribution >= 4 is 22.6 Å². The maximum Gasteiger partial charge on any atom is 0.416 e. The van der Waals surface area contributed by atoms with Crippen LogP contribution >= 0.6 is 22.6 Å². The lowest BCUT2D eigenvalue weighted by Gasteiger charge is -2.14. The van der Waals surface area contributed by atoms with Gasteiger partial charge < -0.3 is 5.73 Å². The summed E-state index contributed by atoms with van der Waals surface area (Å²) in [6, 6.07) is 2.82. The van der Waals surface area contributed by atoms with Crippen molar-refractivity contribution in [2.45, 2.75) is 19.6 Å². The lowest BCUT2D eigenvalue weighted by molar-refractivity contribution is -0.138. The summed E-state index contributed by atoms with van der Waals surface area (Å²) in [6.07, 6.45) is -4.32. The fourth-order valence-electron chi connectivity index (χ4n) is 1.23. The number of benzene rings is 1. The average molecular weight is 315 g/mol. The number of alkyl halides is 3. The van der Waals surface area contributed by atoms with Crippen LogP contribution in [-0.4, -0.2) is 0 Å². The fraction of sp³-hybridized carbons (Fsp3) is 0.333. The minimum Gasteiger partial charge on any atom is -0.326 e. The van der Waals surface area contributed by atoms with Crippen LogP contribution in [0.2, 0.25) is 0 Å². The second-order valence-corrected chi connectivity index (χ2v) is 4.14. The summed E-state index contributed by atoms with van der Waals surface area (Å²) in [6.45, 7) is 1.55. The van der Waals surface area contributed by atoms with Gasteiger partial charge in [0, 0.05) is 10.1 Å². The van der Waals surface area contributed by atoms with E-state index in [0.717, 1.165) is 6.07 Å². The van der Waals surface area contributed by atoms with E-state index in [1.165, 1.54) is 0 Å². The molecular weight excluding hydrogens is 306 g/mol. The quantitative estimate of drug-likeness (QED) is 0.792. The third kappa shape index (κ3) is 2.38. The van der Waals surface area contributed by atoms with Gasteiger partial charge in [-0.15, -0.1) is 0 Å². The van der Waals surface area contributed by atoms with Crippen molar-refractivity contribution in [3.8, 4) is 0 Å². The molecule has 78 valence electrons. The molecule has 2 N–H and O–H groups in total. The van der Waals surface area contributed by atoms with Gasteiger partial charge in [-0.1, -0.05) is 0 Å². The van der Waals surface area contributed by atoms with Gasteiger partial charge in [0.2, 0.25) is 0 Å². The molecule has 0 aliphatic heterocycles. The molecule has 0 radical (unpaired) electrons. The summed E-state index contributed by atoms with van der Waals surface area (Å²) in [7, 11) is 0. The van der Waals surface area contributed by atoms with Gasteiger partial charge in [0.15, 0.2) is 0 Å². The minimum atomic E-state index is -4.32. The summed E-state index contributed by atoms with van der Waals surface area (Å²) in [5.41, 5.74) is 5.44. The molecule has 0 saturated carbocycles. The molecule has 1 rings (SSSR count). The number of hydrogen-bond acceptors (Lipinski definition) is 1. The summed E-state index contributed by atoms with van der Waals surface area (Å²) < 4.78 is 38.2. The van der Waals surface area contributed by atoms with Crippen LogP contribution in [0.4, 0.5) is 13.2 Å². The molecule has 5 heteroatoms. The van der Waals surface area contributed by atoms with Crippen LogP contribution in [0.5, 0.6) is 0 Å². The molecule has 1 aromatic rings. The molecule has 0 amide bonds. The molecule has 1 aromatic carbocycles. The van der Waals surface area contributed by atoms with Crippen LogP contribution < -0.4 is 5.73 Å². The zero-order valence-electron chi connectivity index (χ0n) is 7.45. The van der Waals surface area contributed by atoms with E-state index in [-0.39, 0.29) is 12.1 Å². The number of rotatable bonds is 1. The van der Waals surface area contributed by atoms with Crippen LogP contribution in [0.15, 0.2) is 12.1 Å². The van der Waals surface area contributed by atoms with Crippen LogP contribution in [0.3, 0.4) is 0 Å². The summed E-state index contributed by atoms with van der Waals surface area (Å²) in [5.74, 6) is 0. The van der Waals surface area contributed by atoms with Crippen molar-refractivity contribution in [2.75, 3.05) is 0 Å². The topological polar surface area (TPSA) is 26.0 Å². The number of hydrogen-bond donors (Lipinski definition) is 1. The van der Waals surface area contributed by atoms with E-state index in [1.54, 1.807) is 13.0 Å². The molecule has 0 unspecified atom stereocenters. The predicted octanol–water partition coefficient (Wildman–Crippen LogP) is 3.08. The summed E-state index contributed by atoms with van der Waals surface area (Å²) in [5, 5.41) is 0. The van der Waals surface area contributed by atoms with Gasteiger partial charge in [-0.3, -0.25) is 0 Å². The Hall–Kier alpha value is -0.300. The first-order valence-electron chi connectivity index (χ1n) is 3.92. The third-order valence-electron chi connectivity index (χ3n) is 1.85.